The summed E-state index contributed by atoms with van der Waals surface area (Å²) >= 11 is 0. The molecule has 0 atom stereocenters. The van der Waals surface area contributed by atoms with Crippen LogP contribution < -0.4 is 0 Å². The normalized spacial score (nSPS) is 11.1. The van der Waals surface area contributed by atoms with Crippen molar-refractivity contribution in [3.05, 3.63) is 29.3 Å². The molecule has 1 heterocycles. The number of aromatic nitrogens is 1. The Labute approximate surface area is 76.8 Å². The van der Waals surface area contributed by atoms with Gasteiger partial charge in [-0.15, -0.1) is 0 Å². The van der Waals surface area contributed by atoms with Gasteiger partial charge < -0.3 is 0 Å². The van der Waals surface area contributed by atoms with Crippen LogP contribution in [0.2, 0.25) is 0 Å². The second-order valence-corrected chi connectivity index (χ2v) is 2.49. The van der Waals surface area contributed by atoms with Gasteiger partial charge in [0.05, 0.1) is 24.3 Å². The molecule has 0 aliphatic heterocycles. The van der Waals surface area contributed by atoms with E-state index in [0.29, 0.717) is 6.20 Å². The molecule has 0 radical (unpaired) electrons. The Kier molecular flexibility index (Phi) is 2.70. The number of hydrogen-bond donors (Lipinski definition) is 0. The van der Waals surface area contributed by atoms with Gasteiger partial charge in [0.15, 0.2) is 5.82 Å². The Hall–Kier alpha value is -1.64. The molecule has 0 spiro atoms. The van der Waals surface area contributed by atoms with Gasteiger partial charge in [0.25, 0.3) is 0 Å². The molecule has 1 rings (SSSR count). The van der Waals surface area contributed by atoms with Gasteiger partial charge in [-0.25, -0.2) is 4.39 Å². The van der Waals surface area contributed by atoms with Crippen LogP contribution in [0.3, 0.4) is 0 Å². The van der Waals surface area contributed by atoms with Crippen molar-refractivity contribution in [3.8, 4) is 6.07 Å². The van der Waals surface area contributed by atoms with E-state index < -0.39 is 29.5 Å². The van der Waals surface area contributed by atoms with Gasteiger partial charge in [-0.3, -0.25) is 4.98 Å². The zero-order valence-electron chi connectivity index (χ0n) is 6.77. The molecular formula is C8H4F4N2. The fourth-order valence-electron chi connectivity index (χ4n) is 1.01. The number of rotatable bonds is 1. The van der Waals surface area contributed by atoms with E-state index in [1.54, 1.807) is 0 Å². The fraction of sp³-hybridized carbons (Fsp3) is 0.250. The van der Waals surface area contributed by atoms with Crippen LogP contribution in [0.1, 0.15) is 11.1 Å². The predicted octanol–water partition coefficient (Wildman–Crippen LogP) is 2.31. The summed E-state index contributed by atoms with van der Waals surface area (Å²) in [5.41, 5.74) is -1.85. The van der Waals surface area contributed by atoms with Crippen LogP contribution in [0.25, 0.3) is 0 Å². The van der Waals surface area contributed by atoms with Crippen molar-refractivity contribution in [1.29, 1.82) is 5.26 Å². The van der Waals surface area contributed by atoms with E-state index in [0.717, 1.165) is 6.20 Å². The van der Waals surface area contributed by atoms with E-state index in [9.17, 15) is 17.6 Å². The molecule has 0 bridgehead atoms. The van der Waals surface area contributed by atoms with E-state index in [2.05, 4.69) is 4.98 Å². The molecule has 0 aliphatic rings. The molecule has 0 saturated heterocycles. The van der Waals surface area contributed by atoms with Gasteiger partial charge in [0.1, 0.15) is 0 Å². The van der Waals surface area contributed by atoms with Crippen LogP contribution in [-0.4, -0.2) is 4.98 Å². The maximum Gasteiger partial charge on any atom is 0.419 e. The highest BCUT2D eigenvalue weighted by atomic mass is 19.4. The monoisotopic (exact) mass is 204 g/mol. The smallest absolute Gasteiger partial charge is 0.261 e. The standard InChI is InChI=1S/C8H4F4N2/c9-6-4-14-3-5(1-2-13)7(6)8(10,11)12/h3-4H,1H2. The summed E-state index contributed by atoms with van der Waals surface area (Å²) in [6, 6.07) is 1.52. The number of halogens is 4. The first kappa shape index (κ1) is 10.4. The summed E-state index contributed by atoms with van der Waals surface area (Å²) in [7, 11) is 0. The third kappa shape index (κ3) is 1.99. The maximum absolute atomic E-state index is 12.8. The van der Waals surface area contributed by atoms with Crippen molar-refractivity contribution in [2.45, 2.75) is 12.6 Å². The second kappa shape index (κ2) is 3.62. The summed E-state index contributed by atoms with van der Waals surface area (Å²) in [6.45, 7) is 0. The molecule has 0 amide bonds. The van der Waals surface area contributed by atoms with Crippen LogP contribution >= 0.6 is 0 Å². The molecule has 6 heteroatoms. The minimum atomic E-state index is -4.79. The first-order valence-corrected chi connectivity index (χ1v) is 3.53. The highest BCUT2D eigenvalue weighted by molar-refractivity contribution is 5.29. The molecule has 2 nitrogen and oxygen atoms in total. The van der Waals surface area contributed by atoms with Crippen LogP contribution in [0.15, 0.2) is 12.4 Å². The molecule has 1 aromatic heterocycles. The van der Waals surface area contributed by atoms with E-state index in [1.807, 2.05) is 0 Å². The van der Waals surface area contributed by atoms with Crippen molar-refractivity contribution >= 4 is 0 Å². The molecule has 0 saturated carbocycles. The Balaban J connectivity index is 3.31. The van der Waals surface area contributed by atoms with Crippen molar-refractivity contribution in [2.24, 2.45) is 0 Å². The van der Waals surface area contributed by atoms with E-state index in [4.69, 9.17) is 5.26 Å². The first-order valence-electron chi connectivity index (χ1n) is 3.53. The summed E-state index contributed by atoms with van der Waals surface area (Å²) in [5, 5.41) is 8.23. The van der Waals surface area contributed by atoms with Gasteiger partial charge in [0, 0.05) is 6.20 Å². The fourth-order valence-corrected chi connectivity index (χ4v) is 1.01. The Morgan fingerprint density at radius 3 is 2.50 bits per heavy atom. The average molecular weight is 204 g/mol. The van der Waals surface area contributed by atoms with Crippen LogP contribution in [-0.2, 0) is 12.6 Å². The SMILES string of the molecule is N#CCc1cncc(F)c1C(F)(F)F. The second-order valence-electron chi connectivity index (χ2n) is 2.49. The molecule has 74 valence electrons. The van der Waals surface area contributed by atoms with Gasteiger partial charge in [0.2, 0.25) is 0 Å². The molecule has 0 aromatic carbocycles. The lowest BCUT2D eigenvalue weighted by molar-refractivity contribution is -0.140. The average Bonchev–Trinajstić information content (AvgIpc) is 2.02. The topological polar surface area (TPSA) is 36.7 Å². The molecule has 14 heavy (non-hydrogen) atoms. The zero-order chi connectivity index (χ0) is 10.8. The number of hydrogen-bond acceptors (Lipinski definition) is 2. The highest BCUT2D eigenvalue weighted by Gasteiger charge is 2.36. The van der Waals surface area contributed by atoms with Crippen LogP contribution in [0.4, 0.5) is 17.6 Å². The lowest BCUT2D eigenvalue weighted by atomic mass is 10.1. The minimum absolute atomic E-state index is 0.444. The maximum atomic E-state index is 12.8. The van der Waals surface area contributed by atoms with Crippen molar-refractivity contribution < 1.29 is 17.6 Å². The molecule has 0 fully saturated rings. The number of alkyl halides is 3. The number of nitrogens with zero attached hydrogens (tertiary/aromatic N) is 2. The molecule has 1 aromatic rings. The van der Waals surface area contributed by atoms with Crippen LogP contribution in [0.5, 0.6) is 0 Å². The van der Waals surface area contributed by atoms with Crippen molar-refractivity contribution in [1.82, 2.24) is 4.98 Å². The quantitative estimate of drug-likeness (QED) is 0.658. The van der Waals surface area contributed by atoms with E-state index >= 15 is 0 Å². The summed E-state index contributed by atoms with van der Waals surface area (Å²) in [5.74, 6) is -1.45. The Morgan fingerprint density at radius 2 is 2.00 bits per heavy atom. The first-order chi connectivity index (χ1) is 6.46. The third-order valence-corrected chi connectivity index (χ3v) is 1.53. The van der Waals surface area contributed by atoms with Crippen LogP contribution in [0, 0.1) is 17.1 Å². The van der Waals surface area contributed by atoms with Gasteiger partial charge >= 0.3 is 6.18 Å². The number of nitriles is 1. The predicted molar refractivity (Wildman–Crippen MR) is 38.5 cm³/mol. The van der Waals surface area contributed by atoms with Crippen molar-refractivity contribution in [3.63, 3.8) is 0 Å². The summed E-state index contributed by atoms with van der Waals surface area (Å²) in [4.78, 5) is 3.25. The molecule has 0 aliphatic carbocycles. The highest BCUT2D eigenvalue weighted by Crippen LogP contribution is 2.33. The van der Waals surface area contributed by atoms with E-state index in [-0.39, 0.29) is 0 Å². The molecular weight excluding hydrogens is 200 g/mol. The summed E-state index contributed by atoms with van der Waals surface area (Å²) < 4.78 is 49.5. The third-order valence-electron chi connectivity index (χ3n) is 1.53. The van der Waals surface area contributed by atoms with Gasteiger partial charge in [-0.2, -0.15) is 18.4 Å². The van der Waals surface area contributed by atoms with Gasteiger partial charge in [-0.1, -0.05) is 0 Å². The Bertz CT molecular complexity index is 378. The van der Waals surface area contributed by atoms with Gasteiger partial charge in [-0.05, 0) is 5.56 Å². The summed E-state index contributed by atoms with van der Waals surface area (Å²) in [6.07, 6.45) is -3.99. The molecule has 0 N–H and O–H groups in total. The lowest BCUT2D eigenvalue weighted by Crippen LogP contribution is -2.12. The number of pyridine rings is 1. The minimum Gasteiger partial charge on any atom is -0.261 e. The van der Waals surface area contributed by atoms with Crippen molar-refractivity contribution in [2.75, 3.05) is 0 Å². The zero-order valence-corrected chi connectivity index (χ0v) is 6.77. The molecule has 0 unspecified atom stereocenters. The Morgan fingerprint density at radius 1 is 1.36 bits per heavy atom. The largest absolute Gasteiger partial charge is 0.419 e. The lowest BCUT2D eigenvalue weighted by Gasteiger charge is -2.10. The van der Waals surface area contributed by atoms with E-state index in [1.165, 1.54) is 6.07 Å².